The van der Waals surface area contributed by atoms with E-state index in [4.69, 9.17) is 11.5 Å². The Balaban J connectivity index is 3.55. The lowest BCUT2D eigenvalue weighted by Gasteiger charge is -2.26. The molecule has 0 radical (unpaired) electrons. The third kappa shape index (κ3) is 4.37. The predicted octanol–water partition coefficient (Wildman–Crippen LogP) is 0.0784. The molecular weight excluding hydrogens is 126 g/mol. The van der Waals surface area contributed by atoms with Gasteiger partial charge in [-0.05, 0) is 5.92 Å². The molecule has 0 aromatic rings. The van der Waals surface area contributed by atoms with Gasteiger partial charge in [-0.15, -0.1) is 6.42 Å². The van der Waals surface area contributed by atoms with Crippen molar-refractivity contribution in [1.29, 1.82) is 0 Å². The summed E-state index contributed by atoms with van der Waals surface area (Å²) in [5, 5.41) is 8.54. The smallest absolute Gasteiger partial charge is 0.140 e. The van der Waals surface area contributed by atoms with Gasteiger partial charge in [-0.3, -0.25) is 0 Å². The number of hydrogen-bond donors (Lipinski definition) is 1. The number of rotatable bonds is 4. The van der Waals surface area contributed by atoms with E-state index in [1.807, 2.05) is 0 Å². The molecule has 0 heterocycles. The van der Waals surface area contributed by atoms with Crippen LogP contribution < -0.4 is 0 Å². The van der Waals surface area contributed by atoms with E-state index in [2.05, 4.69) is 20.0 Å². The minimum Gasteiger partial charge on any atom is -0.396 e. The van der Waals surface area contributed by atoms with Gasteiger partial charge in [-0.25, -0.2) is 0 Å². The molecule has 2 heteroatoms. The van der Waals surface area contributed by atoms with Crippen LogP contribution in [0, 0.1) is 12.3 Å². The maximum absolute atomic E-state index is 8.54. The monoisotopic (exact) mass is 142 g/mol. The summed E-state index contributed by atoms with van der Waals surface area (Å²) >= 11 is 0. The molecule has 58 valence electrons. The van der Waals surface area contributed by atoms with E-state index < -0.39 is 0 Å². The lowest BCUT2D eigenvalue weighted by Crippen LogP contribution is -2.40. The highest BCUT2D eigenvalue weighted by Gasteiger charge is 2.10. The molecule has 0 amide bonds. The molecule has 10 heavy (non-hydrogen) atoms. The predicted molar refractivity (Wildman–Crippen MR) is 42.4 cm³/mol. The van der Waals surface area contributed by atoms with Crippen molar-refractivity contribution in [3.8, 4) is 12.3 Å². The number of aliphatic hydroxyl groups is 1. The van der Waals surface area contributed by atoms with Crippen LogP contribution in [0.2, 0.25) is 0 Å². The Morgan fingerprint density at radius 3 is 2.50 bits per heavy atom. The molecule has 0 aromatic heterocycles. The van der Waals surface area contributed by atoms with Gasteiger partial charge in [0.25, 0.3) is 0 Å². The van der Waals surface area contributed by atoms with Gasteiger partial charge in [-0.2, -0.15) is 0 Å². The summed E-state index contributed by atoms with van der Waals surface area (Å²) in [4.78, 5) is 0. The van der Waals surface area contributed by atoms with E-state index in [0.717, 1.165) is 24.0 Å². The summed E-state index contributed by atoms with van der Waals surface area (Å²) in [5.41, 5.74) is 0. The minimum atomic E-state index is 0.256. The molecule has 0 rings (SSSR count). The summed E-state index contributed by atoms with van der Waals surface area (Å²) in [7, 11) is 4.13. The van der Waals surface area contributed by atoms with E-state index >= 15 is 0 Å². The van der Waals surface area contributed by atoms with E-state index in [1.54, 1.807) is 0 Å². The maximum atomic E-state index is 8.54. The quantitative estimate of drug-likeness (QED) is 0.435. The van der Waals surface area contributed by atoms with E-state index in [-0.39, 0.29) is 6.61 Å². The fourth-order valence-electron chi connectivity index (χ4n) is 0.825. The Labute approximate surface area is 63.1 Å². The van der Waals surface area contributed by atoms with Gasteiger partial charge >= 0.3 is 0 Å². The Morgan fingerprint density at radius 1 is 1.50 bits per heavy atom. The zero-order valence-electron chi connectivity index (χ0n) is 6.80. The number of terminal acetylenes is 1. The van der Waals surface area contributed by atoms with Crippen molar-refractivity contribution in [3.05, 3.63) is 0 Å². The van der Waals surface area contributed by atoms with Crippen LogP contribution in [0.25, 0.3) is 0 Å². The first-order valence-corrected chi connectivity index (χ1v) is 3.49. The second-order valence-corrected chi connectivity index (χ2v) is 3.10. The van der Waals surface area contributed by atoms with Crippen molar-refractivity contribution < 1.29 is 9.59 Å². The Bertz CT molecular complexity index is 124. The van der Waals surface area contributed by atoms with Crippen molar-refractivity contribution >= 4 is 0 Å². The topological polar surface area (TPSA) is 20.2 Å². The van der Waals surface area contributed by atoms with Crippen LogP contribution in [0.4, 0.5) is 0 Å². The highest BCUT2D eigenvalue weighted by Crippen LogP contribution is 1.96. The molecule has 0 aliphatic rings. The SMILES string of the molecule is C#CC[N+](C)(C)CCCO. The third-order valence-electron chi connectivity index (χ3n) is 1.44. The molecule has 0 atom stereocenters. The normalized spacial score (nSPS) is 11.0. The van der Waals surface area contributed by atoms with Crippen molar-refractivity contribution in [2.24, 2.45) is 0 Å². The Hall–Kier alpha value is -0.520. The summed E-state index contributed by atoms with van der Waals surface area (Å²) in [6.07, 6.45) is 5.99. The fourth-order valence-corrected chi connectivity index (χ4v) is 0.825. The average molecular weight is 142 g/mol. The minimum absolute atomic E-state index is 0.256. The largest absolute Gasteiger partial charge is 0.396 e. The maximum Gasteiger partial charge on any atom is 0.140 e. The zero-order valence-corrected chi connectivity index (χ0v) is 6.80. The van der Waals surface area contributed by atoms with Crippen LogP contribution in [0.5, 0.6) is 0 Å². The molecule has 0 saturated carbocycles. The standard InChI is InChI=1S/C8H16NO/c1-4-6-9(2,3)7-5-8-10/h1,10H,5-8H2,2-3H3/q+1. The van der Waals surface area contributed by atoms with Crippen LogP contribution in [0.15, 0.2) is 0 Å². The molecule has 0 aliphatic heterocycles. The zero-order chi connectivity index (χ0) is 8.04. The number of aliphatic hydroxyl groups excluding tert-OH is 1. The van der Waals surface area contributed by atoms with Gasteiger partial charge in [-0.1, -0.05) is 0 Å². The Morgan fingerprint density at radius 2 is 2.10 bits per heavy atom. The number of quaternary nitrogens is 1. The molecule has 1 N–H and O–H groups in total. The molecule has 0 aromatic carbocycles. The lowest BCUT2D eigenvalue weighted by atomic mass is 10.3. The molecule has 0 spiro atoms. The van der Waals surface area contributed by atoms with E-state index in [9.17, 15) is 0 Å². The third-order valence-corrected chi connectivity index (χ3v) is 1.44. The van der Waals surface area contributed by atoms with Gasteiger partial charge in [0.05, 0.1) is 20.6 Å². The number of hydrogen-bond acceptors (Lipinski definition) is 1. The summed E-state index contributed by atoms with van der Waals surface area (Å²) in [5.74, 6) is 2.61. The molecule has 0 fully saturated rings. The molecule has 0 unspecified atom stereocenters. The average Bonchev–Trinajstić information content (AvgIpc) is 1.84. The second kappa shape index (κ2) is 4.32. The van der Waals surface area contributed by atoms with Crippen molar-refractivity contribution in [3.63, 3.8) is 0 Å². The lowest BCUT2D eigenvalue weighted by molar-refractivity contribution is -0.883. The van der Waals surface area contributed by atoms with Gasteiger partial charge in [0.1, 0.15) is 6.54 Å². The van der Waals surface area contributed by atoms with Crippen LogP contribution in [-0.4, -0.2) is 43.4 Å². The van der Waals surface area contributed by atoms with Gasteiger partial charge < -0.3 is 9.59 Å². The summed E-state index contributed by atoms with van der Waals surface area (Å²) in [6.45, 7) is 1.94. The first-order valence-electron chi connectivity index (χ1n) is 3.49. The van der Waals surface area contributed by atoms with Crippen LogP contribution in [-0.2, 0) is 0 Å². The molecule has 2 nitrogen and oxygen atoms in total. The van der Waals surface area contributed by atoms with Gasteiger partial charge in [0.2, 0.25) is 0 Å². The van der Waals surface area contributed by atoms with Crippen LogP contribution in [0.3, 0.4) is 0 Å². The van der Waals surface area contributed by atoms with Gasteiger partial charge in [0, 0.05) is 13.0 Å². The van der Waals surface area contributed by atoms with Crippen molar-refractivity contribution in [2.45, 2.75) is 6.42 Å². The number of nitrogens with zero attached hydrogens (tertiary/aromatic N) is 1. The van der Waals surface area contributed by atoms with Crippen molar-refractivity contribution in [2.75, 3.05) is 33.8 Å². The Kier molecular flexibility index (Phi) is 4.10. The molecule has 0 aliphatic carbocycles. The highest BCUT2D eigenvalue weighted by atomic mass is 16.3. The van der Waals surface area contributed by atoms with E-state index in [0.29, 0.717) is 0 Å². The van der Waals surface area contributed by atoms with Crippen LogP contribution in [0.1, 0.15) is 6.42 Å². The van der Waals surface area contributed by atoms with Gasteiger partial charge in [0.15, 0.2) is 0 Å². The first-order chi connectivity index (χ1) is 4.62. The van der Waals surface area contributed by atoms with E-state index in [1.165, 1.54) is 0 Å². The fraction of sp³-hybridized carbons (Fsp3) is 0.750. The highest BCUT2D eigenvalue weighted by molar-refractivity contribution is 4.82. The molecular formula is C8H16NO+. The molecule has 0 bridgehead atoms. The summed E-state index contributed by atoms with van der Waals surface area (Å²) < 4.78 is 0.803. The van der Waals surface area contributed by atoms with Crippen molar-refractivity contribution in [1.82, 2.24) is 0 Å². The first kappa shape index (κ1) is 9.48. The molecule has 0 saturated heterocycles. The summed E-state index contributed by atoms with van der Waals surface area (Å²) in [6, 6.07) is 0. The second-order valence-electron chi connectivity index (χ2n) is 3.10. The van der Waals surface area contributed by atoms with Crippen LogP contribution >= 0.6 is 0 Å².